The van der Waals surface area contributed by atoms with Crippen LogP contribution in [0.1, 0.15) is 36.5 Å². The van der Waals surface area contributed by atoms with Gasteiger partial charge in [0.1, 0.15) is 18.9 Å². The molecule has 7 nitrogen and oxygen atoms in total. The molecule has 0 fully saturated rings. The van der Waals surface area contributed by atoms with Gasteiger partial charge in [0.05, 0.1) is 18.2 Å². The first kappa shape index (κ1) is 26.2. The Hall–Kier alpha value is -3.36. The Morgan fingerprint density at radius 3 is 2.31 bits per heavy atom. The van der Waals surface area contributed by atoms with Crippen LogP contribution in [0.3, 0.4) is 0 Å². The Morgan fingerprint density at radius 1 is 1.06 bits per heavy atom. The molecule has 1 N–H and O–H groups in total. The van der Waals surface area contributed by atoms with Crippen molar-refractivity contribution in [2.24, 2.45) is 5.10 Å². The molecule has 9 heteroatoms. The molecule has 0 saturated carbocycles. The first-order valence-corrected chi connectivity index (χ1v) is 13.2. The number of sulfonamides is 1. The van der Waals surface area contributed by atoms with Crippen LogP contribution in [-0.4, -0.2) is 33.3 Å². The zero-order valence-corrected chi connectivity index (χ0v) is 21.4. The molecule has 0 aliphatic heterocycles. The number of hydrogen-bond acceptors (Lipinski definition) is 5. The molecule has 0 aliphatic carbocycles. The number of amides is 1. The van der Waals surface area contributed by atoms with Gasteiger partial charge in [-0.1, -0.05) is 55.8 Å². The minimum atomic E-state index is -3.66. The van der Waals surface area contributed by atoms with E-state index in [2.05, 4.69) is 24.4 Å². The minimum absolute atomic E-state index is 0.316. The number of carbonyl (C=O) groups is 1. The molecule has 3 aromatic rings. The number of nitrogens with zero attached hydrogens (tertiary/aromatic N) is 2. The van der Waals surface area contributed by atoms with Gasteiger partial charge in [0.15, 0.2) is 0 Å². The summed E-state index contributed by atoms with van der Waals surface area (Å²) < 4.78 is 31.3. The number of carbonyl (C=O) groups excluding carboxylic acids is 1. The van der Waals surface area contributed by atoms with Gasteiger partial charge in [-0.3, -0.25) is 9.10 Å². The lowest BCUT2D eigenvalue weighted by Crippen LogP contribution is -2.39. The van der Waals surface area contributed by atoms with Crippen LogP contribution in [0.2, 0.25) is 5.02 Å². The van der Waals surface area contributed by atoms with Gasteiger partial charge in [0.25, 0.3) is 5.91 Å². The maximum absolute atomic E-state index is 12.4. The predicted octanol–water partition coefficient (Wildman–Crippen LogP) is 4.96. The van der Waals surface area contributed by atoms with Crippen molar-refractivity contribution in [2.75, 3.05) is 17.1 Å². The third-order valence-electron chi connectivity index (χ3n) is 5.17. The number of anilines is 1. The van der Waals surface area contributed by atoms with E-state index >= 15 is 0 Å². The lowest BCUT2D eigenvalue weighted by molar-refractivity contribution is -0.119. The second kappa shape index (κ2) is 11.9. The Morgan fingerprint density at radius 2 is 1.71 bits per heavy atom. The molecule has 184 valence electrons. The first-order valence-electron chi connectivity index (χ1n) is 11.0. The van der Waals surface area contributed by atoms with Gasteiger partial charge in [-0.2, -0.15) is 5.10 Å². The minimum Gasteiger partial charge on any atom is -0.489 e. The molecule has 0 bridgehead atoms. The monoisotopic (exact) mass is 513 g/mol. The lowest BCUT2D eigenvalue weighted by Gasteiger charge is -2.21. The van der Waals surface area contributed by atoms with Gasteiger partial charge >= 0.3 is 0 Å². The van der Waals surface area contributed by atoms with Crippen molar-refractivity contribution in [1.29, 1.82) is 0 Å². The zero-order chi connectivity index (χ0) is 25.4. The van der Waals surface area contributed by atoms with E-state index in [0.29, 0.717) is 29.0 Å². The van der Waals surface area contributed by atoms with Crippen LogP contribution in [0.4, 0.5) is 5.69 Å². The molecule has 35 heavy (non-hydrogen) atoms. The van der Waals surface area contributed by atoms with E-state index in [-0.39, 0.29) is 6.54 Å². The second-order valence-electron chi connectivity index (χ2n) is 8.26. The van der Waals surface area contributed by atoms with Crippen molar-refractivity contribution in [3.05, 3.63) is 94.5 Å². The van der Waals surface area contributed by atoms with Crippen molar-refractivity contribution in [3.63, 3.8) is 0 Å². The van der Waals surface area contributed by atoms with Gasteiger partial charge in [0.2, 0.25) is 10.0 Å². The van der Waals surface area contributed by atoms with Gasteiger partial charge in [-0.05, 0) is 59.5 Å². The van der Waals surface area contributed by atoms with E-state index < -0.39 is 15.9 Å². The Balaban J connectivity index is 1.56. The normalized spacial score (nSPS) is 11.6. The fourth-order valence-corrected chi connectivity index (χ4v) is 4.24. The van der Waals surface area contributed by atoms with Crippen LogP contribution in [0.25, 0.3) is 0 Å². The van der Waals surface area contributed by atoms with Crippen molar-refractivity contribution in [1.82, 2.24) is 5.43 Å². The highest BCUT2D eigenvalue weighted by Crippen LogP contribution is 2.22. The number of hydrazone groups is 1. The van der Waals surface area contributed by atoms with E-state index in [1.807, 2.05) is 36.4 Å². The van der Waals surface area contributed by atoms with Crippen molar-refractivity contribution < 1.29 is 17.9 Å². The molecule has 1 amide bonds. The summed E-state index contributed by atoms with van der Waals surface area (Å²) in [7, 11) is -3.66. The van der Waals surface area contributed by atoms with Crippen molar-refractivity contribution in [3.8, 4) is 5.75 Å². The highest BCUT2D eigenvalue weighted by Gasteiger charge is 2.20. The summed E-state index contributed by atoms with van der Waals surface area (Å²) in [5.41, 5.74) is 5.51. The lowest BCUT2D eigenvalue weighted by atomic mass is 10.0. The summed E-state index contributed by atoms with van der Waals surface area (Å²) in [4.78, 5) is 12.4. The van der Waals surface area contributed by atoms with Crippen LogP contribution in [0.5, 0.6) is 5.75 Å². The number of halogens is 1. The summed E-state index contributed by atoms with van der Waals surface area (Å²) in [5, 5.41) is 4.59. The van der Waals surface area contributed by atoms with Gasteiger partial charge in [0, 0.05) is 10.6 Å². The van der Waals surface area contributed by atoms with Gasteiger partial charge in [-0.15, -0.1) is 0 Å². The van der Waals surface area contributed by atoms with Crippen LogP contribution in [0, 0.1) is 0 Å². The molecule has 0 aliphatic rings. The smallest absolute Gasteiger partial charge is 0.260 e. The van der Waals surface area contributed by atoms with Crippen LogP contribution in [0.15, 0.2) is 77.9 Å². The molecule has 0 heterocycles. The standard InChI is InChI=1S/C26H28ClN3O4S/c1-19(2)21-10-12-23(13-11-21)30(35(3,32)33)17-26(31)29-28-16-20-8-14-24(15-9-20)34-18-22-6-4-5-7-25(22)27/h4-16,19H,17-18H2,1-3H3,(H,29,31)/b28-16-. The number of nitrogens with one attached hydrogen (secondary N) is 1. The van der Waals surface area contributed by atoms with Crippen molar-refractivity contribution >= 4 is 39.4 Å². The van der Waals surface area contributed by atoms with Crippen LogP contribution < -0.4 is 14.5 Å². The van der Waals surface area contributed by atoms with E-state index in [1.54, 1.807) is 36.4 Å². The first-order chi connectivity index (χ1) is 16.6. The second-order valence-corrected chi connectivity index (χ2v) is 10.6. The zero-order valence-electron chi connectivity index (χ0n) is 19.8. The Kier molecular flexibility index (Phi) is 8.89. The topological polar surface area (TPSA) is 88.1 Å². The van der Waals surface area contributed by atoms with Gasteiger partial charge < -0.3 is 4.74 Å². The molecular weight excluding hydrogens is 486 g/mol. The average molecular weight is 514 g/mol. The number of rotatable bonds is 10. The Bertz CT molecular complexity index is 1270. The van der Waals surface area contributed by atoms with Gasteiger partial charge in [-0.25, -0.2) is 13.8 Å². The third kappa shape index (κ3) is 7.83. The molecule has 0 saturated heterocycles. The van der Waals surface area contributed by atoms with Crippen LogP contribution in [-0.2, 0) is 21.4 Å². The summed E-state index contributed by atoms with van der Waals surface area (Å²) in [6.07, 6.45) is 2.53. The number of benzene rings is 3. The highest BCUT2D eigenvalue weighted by molar-refractivity contribution is 7.92. The maximum atomic E-state index is 12.4. The SMILES string of the molecule is CC(C)c1ccc(N(CC(=O)N/N=C\c2ccc(OCc3ccccc3Cl)cc2)S(C)(=O)=O)cc1. The Labute approximate surface area is 211 Å². The van der Waals surface area contributed by atoms with Crippen molar-refractivity contribution in [2.45, 2.75) is 26.4 Å². The summed E-state index contributed by atoms with van der Waals surface area (Å²) in [6.45, 7) is 4.07. The molecule has 0 aromatic heterocycles. The molecule has 3 aromatic carbocycles. The predicted molar refractivity (Wildman–Crippen MR) is 141 cm³/mol. The summed E-state index contributed by atoms with van der Waals surface area (Å²) in [6, 6.07) is 21.7. The number of ether oxygens (including phenoxy) is 1. The number of hydrogen-bond donors (Lipinski definition) is 1. The molecule has 0 atom stereocenters. The molecule has 3 rings (SSSR count). The summed E-state index contributed by atoms with van der Waals surface area (Å²) >= 11 is 6.14. The fraction of sp³-hybridized carbons (Fsp3) is 0.231. The molecule has 0 radical (unpaired) electrons. The molecular formula is C26H28ClN3O4S. The highest BCUT2D eigenvalue weighted by atomic mass is 35.5. The fourth-order valence-electron chi connectivity index (χ4n) is 3.20. The maximum Gasteiger partial charge on any atom is 0.260 e. The summed E-state index contributed by atoms with van der Waals surface area (Å²) in [5.74, 6) is 0.425. The average Bonchev–Trinajstić information content (AvgIpc) is 2.82. The van der Waals surface area contributed by atoms with E-state index in [0.717, 1.165) is 27.3 Å². The molecule has 0 unspecified atom stereocenters. The molecule has 0 spiro atoms. The van der Waals surface area contributed by atoms with Crippen LogP contribution >= 0.6 is 11.6 Å². The third-order valence-corrected chi connectivity index (χ3v) is 6.68. The largest absolute Gasteiger partial charge is 0.489 e. The van der Waals surface area contributed by atoms with E-state index in [1.165, 1.54) is 6.21 Å². The quantitative estimate of drug-likeness (QED) is 0.306. The van der Waals surface area contributed by atoms with E-state index in [9.17, 15) is 13.2 Å². The van der Waals surface area contributed by atoms with E-state index in [4.69, 9.17) is 16.3 Å².